The summed E-state index contributed by atoms with van der Waals surface area (Å²) in [5, 5.41) is 5.45. The molecule has 0 unspecified atom stereocenters. The Morgan fingerprint density at radius 1 is 1.18 bits per heavy atom. The fraction of sp³-hybridized carbons (Fsp3) is 0.400. The minimum Gasteiger partial charge on any atom is -0.496 e. The van der Waals surface area contributed by atoms with Crippen LogP contribution in [-0.4, -0.2) is 68.7 Å². The molecule has 1 saturated heterocycles. The average Bonchev–Trinajstić information content (AvgIpc) is 2.86. The molecule has 2 aromatic rings. The summed E-state index contributed by atoms with van der Waals surface area (Å²) >= 11 is 0. The predicted octanol–water partition coefficient (Wildman–Crippen LogP) is 2.46. The van der Waals surface area contributed by atoms with Gasteiger partial charge in [0.25, 0.3) is 11.8 Å². The van der Waals surface area contributed by atoms with Gasteiger partial charge >= 0.3 is 0 Å². The predicted molar refractivity (Wildman–Crippen MR) is 125 cm³/mol. The Morgan fingerprint density at radius 3 is 2.74 bits per heavy atom. The molecular weight excluding hydrogens is 438 g/mol. The number of hydrogen-bond donors (Lipinski definition) is 2. The number of methoxy groups -OCH3 is 1. The summed E-state index contributed by atoms with van der Waals surface area (Å²) in [6.07, 6.45) is 1.12. The first kappa shape index (κ1) is 23.6. The Labute approximate surface area is 198 Å². The molecule has 9 nitrogen and oxygen atoms in total. The van der Waals surface area contributed by atoms with Crippen LogP contribution in [0.3, 0.4) is 0 Å². The second kappa shape index (κ2) is 10.1. The van der Waals surface area contributed by atoms with Crippen LogP contribution in [0.4, 0.5) is 5.69 Å². The number of amides is 3. The minimum absolute atomic E-state index is 0.0762. The van der Waals surface area contributed by atoms with Crippen molar-refractivity contribution in [1.29, 1.82) is 0 Å². The quantitative estimate of drug-likeness (QED) is 0.700. The number of likely N-dealkylation sites (N-methyl/N-ethyl adjacent to an activating group) is 1. The first-order valence-corrected chi connectivity index (χ1v) is 11.3. The normalized spacial score (nSPS) is 21.8. The van der Waals surface area contributed by atoms with Crippen LogP contribution in [0.2, 0.25) is 0 Å². The van der Waals surface area contributed by atoms with Gasteiger partial charge < -0.3 is 29.7 Å². The zero-order chi connectivity index (χ0) is 24.2. The first-order chi connectivity index (χ1) is 16.4. The monoisotopic (exact) mass is 467 g/mol. The molecular formula is C25H29N3O6. The lowest BCUT2D eigenvalue weighted by Crippen LogP contribution is -2.53. The zero-order valence-electron chi connectivity index (χ0n) is 19.5. The highest BCUT2D eigenvalue weighted by Gasteiger charge is 2.39. The van der Waals surface area contributed by atoms with Gasteiger partial charge in [-0.3, -0.25) is 14.4 Å². The van der Waals surface area contributed by atoms with E-state index in [0.29, 0.717) is 41.2 Å². The Morgan fingerprint density at radius 2 is 1.97 bits per heavy atom. The van der Waals surface area contributed by atoms with Gasteiger partial charge in [-0.25, -0.2) is 0 Å². The lowest BCUT2D eigenvalue weighted by molar-refractivity contribution is -0.133. The van der Waals surface area contributed by atoms with Gasteiger partial charge in [0.1, 0.15) is 24.2 Å². The van der Waals surface area contributed by atoms with Crippen LogP contribution in [0, 0.1) is 0 Å². The topological polar surface area (TPSA) is 106 Å². The van der Waals surface area contributed by atoms with Gasteiger partial charge in [-0.2, -0.15) is 0 Å². The fourth-order valence-corrected chi connectivity index (χ4v) is 4.44. The van der Waals surface area contributed by atoms with Crippen LogP contribution in [-0.2, 0) is 9.53 Å². The van der Waals surface area contributed by atoms with Crippen molar-refractivity contribution in [3.63, 3.8) is 0 Å². The second-order valence-electron chi connectivity index (χ2n) is 8.41. The van der Waals surface area contributed by atoms with E-state index in [1.54, 1.807) is 61.5 Å². The molecule has 0 saturated carbocycles. The van der Waals surface area contributed by atoms with Crippen molar-refractivity contribution in [3.8, 4) is 11.5 Å². The Kier molecular flexibility index (Phi) is 7.02. The molecule has 0 spiro atoms. The van der Waals surface area contributed by atoms with E-state index in [4.69, 9.17) is 14.2 Å². The van der Waals surface area contributed by atoms with E-state index >= 15 is 0 Å². The highest BCUT2D eigenvalue weighted by atomic mass is 16.5. The molecule has 2 aliphatic heterocycles. The minimum atomic E-state index is -0.340. The number of benzene rings is 2. The molecule has 2 aromatic carbocycles. The van der Waals surface area contributed by atoms with E-state index in [1.807, 2.05) is 0 Å². The number of nitrogens with zero attached hydrogens (tertiary/aromatic N) is 1. The number of fused-ring (bicyclic) bond motifs is 2. The number of hydrogen-bond acceptors (Lipinski definition) is 6. The maximum Gasteiger partial charge on any atom is 0.259 e. The van der Waals surface area contributed by atoms with Crippen molar-refractivity contribution in [2.75, 3.05) is 33.1 Å². The third kappa shape index (κ3) is 4.84. The number of rotatable bonds is 5. The molecule has 0 radical (unpaired) electrons. The van der Waals surface area contributed by atoms with Gasteiger partial charge in [-0.05, 0) is 43.2 Å². The largest absolute Gasteiger partial charge is 0.496 e. The summed E-state index contributed by atoms with van der Waals surface area (Å²) < 4.78 is 17.4. The summed E-state index contributed by atoms with van der Waals surface area (Å²) in [5.74, 6) is 0.248. The second-order valence-corrected chi connectivity index (χ2v) is 8.41. The number of ether oxygens (including phenoxy) is 3. The average molecular weight is 468 g/mol. The van der Waals surface area contributed by atoms with E-state index in [0.717, 1.165) is 0 Å². The summed E-state index contributed by atoms with van der Waals surface area (Å²) in [6, 6.07) is 11.7. The molecule has 34 heavy (non-hydrogen) atoms. The van der Waals surface area contributed by atoms with Gasteiger partial charge in [0.2, 0.25) is 5.91 Å². The van der Waals surface area contributed by atoms with Crippen molar-refractivity contribution < 1.29 is 28.6 Å². The van der Waals surface area contributed by atoms with E-state index in [9.17, 15) is 14.4 Å². The smallest absolute Gasteiger partial charge is 0.259 e. The molecule has 2 heterocycles. The summed E-state index contributed by atoms with van der Waals surface area (Å²) in [4.78, 5) is 39.6. The standard InChI is InChI=1S/C25H29N3O6/c1-26-23(29)13-16-9-10-19-22(34-16)14-33-21-11-8-15(12-18(21)25(31)28(19)2)27-24(30)17-6-4-5-7-20(17)32-3/h4-8,11-12,16,19,22H,9-10,13-14H2,1-3H3,(H,26,29)(H,27,30)/t16-,19-,22-/m0/s1. The van der Waals surface area contributed by atoms with Gasteiger partial charge in [-0.15, -0.1) is 0 Å². The molecule has 2 N–H and O–H groups in total. The van der Waals surface area contributed by atoms with Gasteiger partial charge in [0, 0.05) is 19.8 Å². The van der Waals surface area contributed by atoms with E-state index in [1.165, 1.54) is 7.11 Å². The molecule has 4 rings (SSSR count). The third-order valence-electron chi connectivity index (χ3n) is 6.31. The molecule has 1 fully saturated rings. The van der Waals surface area contributed by atoms with E-state index < -0.39 is 0 Å². The molecule has 2 aliphatic rings. The first-order valence-electron chi connectivity index (χ1n) is 11.3. The van der Waals surface area contributed by atoms with E-state index in [2.05, 4.69) is 10.6 Å². The fourth-order valence-electron chi connectivity index (χ4n) is 4.44. The SMILES string of the molecule is CNC(=O)C[C@@H]1CC[C@H]2[C@H](COc3ccc(NC(=O)c4ccccc4OC)cc3C(=O)N2C)O1. The van der Waals surface area contributed by atoms with Crippen LogP contribution in [0.1, 0.15) is 40.0 Å². The summed E-state index contributed by atoms with van der Waals surface area (Å²) in [6.45, 7) is 0.256. The molecule has 9 heteroatoms. The highest BCUT2D eigenvalue weighted by molar-refractivity contribution is 6.07. The van der Waals surface area contributed by atoms with Crippen molar-refractivity contribution in [2.45, 2.75) is 37.5 Å². The van der Waals surface area contributed by atoms with Crippen LogP contribution < -0.4 is 20.1 Å². The van der Waals surface area contributed by atoms with Crippen LogP contribution in [0.15, 0.2) is 42.5 Å². The Bertz CT molecular complexity index is 1090. The van der Waals surface area contributed by atoms with Crippen molar-refractivity contribution in [1.82, 2.24) is 10.2 Å². The third-order valence-corrected chi connectivity index (χ3v) is 6.31. The van der Waals surface area contributed by atoms with Crippen LogP contribution in [0.5, 0.6) is 11.5 Å². The van der Waals surface area contributed by atoms with Crippen molar-refractivity contribution >= 4 is 23.4 Å². The van der Waals surface area contributed by atoms with Crippen molar-refractivity contribution in [2.24, 2.45) is 0 Å². The lowest BCUT2D eigenvalue weighted by Gasteiger charge is -2.42. The van der Waals surface area contributed by atoms with Gasteiger partial charge in [-0.1, -0.05) is 12.1 Å². The molecule has 0 aliphatic carbocycles. The number of para-hydroxylation sites is 1. The Hall–Kier alpha value is -3.59. The van der Waals surface area contributed by atoms with E-state index in [-0.39, 0.29) is 49.0 Å². The molecule has 0 bridgehead atoms. The number of anilines is 1. The maximum atomic E-state index is 13.4. The van der Waals surface area contributed by atoms with Gasteiger partial charge in [0.05, 0.1) is 36.8 Å². The molecule has 3 amide bonds. The molecule has 3 atom stereocenters. The number of carbonyl (C=O) groups is 3. The van der Waals surface area contributed by atoms with Crippen molar-refractivity contribution in [3.05, 3.63) is 53.6 Å². The Balaban J connectivity index is 1.53. The summed E-state index contributed by atoms with van der Waals surface area (Å²) in [7, 11) is 4.85. The molecule has 180 valence electrons. The van der Waals surface area contributed by atoms with Gasteiger partial charge in [0.15, 0.2) is 0 Å². The maximum absolute atomic E-state index is 13.4. The van der Waals surface area contributed by atoms with Crippen LogP contribution in [0.25, 0.3) is 0 Å². The highest BCUT2D eigenvalue weighted by Crippen LogP contribution is 2.32. The lowest BCUT2D eigenvalue weighted by atomic mass is 9.94. The molecule has 0 aromatic heterocycles. The zero-order valence-corrected chi connectivity index (χ0v) is 19.5. The number of nitrogens with one attached hydrogen (secondary N) is 2. The number of carbonyl (C=O) groups excluding carboxylic acids is 3. The van der Waals surface area contributed by atoms with Crippen LogP contribution >= 0.6 is 0 Å². The summed E-state index contributed by atoms with van der Waals surface area (Å²) in [5.41, 5.74) is 1.24.